The molecule has 3 aliphatic rings. The fourth-order valence-corrected chi connectivity index (χ4v) is 4.40. The van der Waals surface area contributed by atoms with E-state index >= 15 is 0 Å². The number of rotatable bonds is 6. The second-order valence-corrected chi connectivity index (χ2v) is 8.48. The summed E-state index contributed by atoms with van der Waals surface area (Å²) in [6, 6.07) is 0. The molecule has 0 radical (unpaired) electrons. The lowest BCUT2D eigenvalue weighted by Crippen LogP contribution is -2.48. The fraction of sp³-hybridized carbons (Fsp3) is 0.952. The van der Waals surface area contributed by atoms with Gasteiger partial charge in [0.25, 0.3) is 0 Å². The van der Waals surface area contributed by atoms with Crippen molar-refractivity contribution in [3.05, 3.63) is 0 Å². The van der Waals surface area contributed by atoms with Gasteiger partial charge >= 0.3 is 0 Å². The third-order valence-electron chi connectivity index (χ3n) is 6.27. The molecule has 3 rings (SSSR count). The van der Waals surface area contributed by atoms with E-state index in [0.29, 0.717) is 12.2 Å². The summed E-state index contributed by atoms with van der Waals surface area (Å²) in [4.78, 5) is 11.9. The molecule has 0 aliphatic carbocycles. The molecule has 0 amide bonds. The lowest BCUT2D eigenvalue weighted by atomic mass is 10.1. The molecule has 1 N–H and O–H groups in total. The molecule has 1 unspecified atom stereocenters. The van der Waals surface area contributed by atoms with Gasteiger partial charge in [0, 0.05) is 52.9 Å². The Morgan fingerprint density at radius 3 is 2.64 bits per heavy atom. The van der Waals surface area contributed by atoms with Gasteiger partial charge in [-0.2, -0.15) is 0 Å². The predicted molar refractivity (Wildman–Crippen MR) is 114 cm³/mol. The minimum Gasteiger partial charge on any atom is -0.376 e. The first kappa shape index (κ1) is 21.8. The van der Waals surface area contributed by atoms with Crippen LogP contribution in [0.5, 0.6) is 0 Å². The van der Waals surface area contributed by atoms with Crippen LogP contribution in [0, 0.1) is 0 Å². The van der Waals surface area contributed by atoms with E-state index in [0.717, 1.165) is 64.6 Å². The Morgan fingerprint density at radius 1 is 1.04 bits per heavy atom. The molecule has 7 nitrogen and oxygen atoms in total. The van der Waals surface area contributed by atoms with Crippen LogP contribution in [0.15, 0.2) is 4.99 Å². The number of nitrogens with one attached hydrogen (secondary N) is 1. The second-order valence-electron chi connectivity index (χ2n) is 8.48. The maximum atomic E-state index is 6.14. The summed E-state index contributed by atoms with van der Waals surface area (Å²) < 4.78 is 11.9. The normalized spacial score (nSPS) is 27.0. The molecular formula is C21H41N5O2. The number of likely N-dealkylation sites (tertiary alicyclic amines) is 1. The minimum atomic E-state index is 0.319. The Balaban J connectivity index is 1.31. The molecule has 7 heteroatoms. The molecule has 0 aromatic carbocycles. The zero-order chi connectivity index (χ0) is 19.6. The highest BCUT2D eigenvalue weighted by molar-refractivity contribution is 5.79. The molecule has 0 spiro atoms. The summed E-state index contributed by atoms with van der Waals surface area (Å²) in [7, 11) is 4.12. The molecular weight excluding hydrogens is 354 g/mol. The van der Waals surface area contributed by atoms with Crippen molar-refractivity contribution in [3.63, 3.8) is 0 Å². The molecule has 162 valence electrons. The number of aliphatic imine (C=N–C) groups is 1. The van der Waals surface area contributed by atoms with Crippen molar-refractivity contribution in [2.45, 2.75) is 50.7 Å². The topological polar surface area (TPSA) is 52.6 Å². The van der Waals surface area contributed by atoms with Gasteiger partial charge in [-0.3, -0.25) is 4.99 Å². The molecule has 1 atom stereocenters. The van der Waals surface area contributed by atoms with Crippen LogP contribution >= 0.6 is 0 Å². The van der Waals surface area contributed by atoms with E-state index < -0.39 is 0 Å². The van der Waals surface area contributed by atoms with Gasteiger partial charge in [-0.05, 0) is 58.7 Å². The van der Waals surface area contributed by atoms with Gasteiger partial charge in [0.05, 0.1) is 18.8 Å². The Kier molecular flexibility index (Phi) is 9.31. The van der Waals surface area contributed by atoms with E-state index in [1.165, 1.54) is 45.4 Å². The molecule has 3 heterocycles. The predicted octanol–water partition coefficient (Wildman–Crippen LogP) is 1.25. The number of piperidine rings is 1. The van der Waals surface area contributed by atoms with Gasteiger partial charge in [-0.1, -0.05) is 0 Å². The van der Waals surface area contributed by atoms with Gasteiger partial charge in [0.1, 0.15) is 0 Å². The summed E-state index contributed by atoms with van der Waals surface area (Å²) in [5, 5.41) is 3.58. The van der Waals surface area contributed by atoms with Crippen LogP contribution in [0.4, 0.5) is 0 Å². The monoisotopic (exact) mass is 395 g/mol. The van der Waals surface area contributed by atoms with Crippen molar-refractivity contribution in [3.8, 4) is 0 Å². The maximum absolute atomic E-state index is 6.14. The summed E-state index contributed by atoms with van der Waals surface area (Å²) in [6.45, 7) is 10.5. The van der Waals surface area contributed by atoms with E-state index in [9.17, 15) is 0 Å². The average molecular weight is 396 g/mol. The van der Waals surface area contributed by atoms with Crippen LogP contribution in [-0.4, -0.2) is 113 Å². The first-order chi connectivity index (χ1) is 13.7. The molecule has 3 saturated heterocycles. The molecule has 3 aliphatic heterocycles. The Bertz CT molecular complexity index is 462. The van der Waals surface area contributed by atoms with E-state index in [4.69, 9.17) is 9.47 Å². The van der Waals surface area contributed by atoms with Crippen molar-refractivity contribution < 1.29 is 9.47 Å². The van der Waals surface area contributed by atoms with Crippen LogP contribution in [-0.2, 0) is 9.47 Å². The minimum absolute atomic E-state index is 0.319. The van der Waals surface area contributed by atoms with Crippen molar-refractivity contribution in [2.75, 3.05) is 79.7 Å². The third-order valence-corrected chi connectivity index (χ3v) is 6.27. The quantitative estimate of drug-likeness (QED) is 0.540. The molecule has 0 aromatic heterocycles. The van der Waals surface area contributed by atoms with E-state index in [1.54, 1.807) is 0 Å². The molecule has 0 bridgehead atoms. The Labute approximate surface area is 171 Å². The zero-order valence-electron chi connectivity index (χ0n) is 18.1. The highest BCUT2D eigenvalue weighted by Crippen LogP contribution is 2.18. The van der Waals surface area contributed by atoms with Gasteiger partial charge in [0.15, 0.2) is 5.96 Å². The van der Waals surface area contributed by atoms with Gasteiger partial charge < -0.3 is 29.5 Å². The molecule has 3 fully saturated rings. The van der Waals surface area contributed by atoms with Gasteiger partial charge in [-0.25, -0.2) is 0 Å². The van der Waals surface area contributed by atoms with Gasteiger partial charge in [0.2, 0.25) is 0 Å². The third kappa shape index (κ3) is 7.17. The summed E-state index contributed by atoms with van der Waals surface area (Å²) >= 11 is 0. The van der Waals surface area contributed by atoms with E-state index in [1.807, 2.05) is 7.05 Å². The Hall–Kier alpha value is -0.890. The molecule has 28 heavy (non-hydrogen) atoms. The van der Waals surface area contributed by atoms with Crippen LogP contribution < -0.4 is 5.32 Å². The number of ether oxygens (including phenoxy) is 2. The van der Waals surface area contributed by atoms with Crippen LogP contribution in [0.25, 0.3) is 0 Å². The highest BCUT2D eigenvalue weighted by Gasteiger charge is 2.24. The highest BCUT2D eigenvalue weighted by atomic mass is 16.5. The first-order valence-corrected chi connectivity index (χ1v) is 11.3. The average Bonchev–Trinajstić information content (AvgIpc) is 2.95. The summed E-state index contributed by atoms with van der Waals surface area (Å²) in [5.74, 6) is 1.04. The van der Waals surface area contributed by atoms with Crippen LogP contribution in [0.1, 0.15) is 38.5 Å². The lowest BCUT2D eigenvalue weighted by molar-refractivity contribution is -0.0721. The fourth-order valence-electron chi connectivity index (χ4n) is 4.40. The van der Waals surface area contributed by atoms with Crippen LogP contribution in [0.2, 0.25) is 0 Å². The summed E-state index contributed by atoms with van der Waals surface area (Å²) in [5.41, 5.74) is 0. The largest absolute Gasteiger partial charge is 0.376 e. The SMILES string of the molecule is CN=C(NCCN1CCCN(C)CC1)N1CCC(OCC2CCCCO2)CC1. The van der Waals surface area contributed by atoms with Crippen molar-refractivity contribution in [1.82, 2.24) is 20.0 Å². The van der Waals surface area contributed by atoms with E-state index in [2.05, 4.69) is 32.1 Å². The summed E-state index contributed by atoms with van der Waals surface area (Å²) in [6.07, 6.45) is 7.75. The lowest BCUT2D eigenvalue weighted by Gasteiger charge is -2.35. The van der Waals surface area contributed by atoms with Gasteiger partial charge in [-0.15, -0.1) is 0 Å². The van der Waals surface area contributed by atoms with E-state index in [-0.39, 0.29) is 0 Å². The Morgan fingerprint density at radius 2 is 1.89 bits per heavy atom. The number of hydrogen-bond donors (Lipinski definition) is 1. The number of hydrogen-bond acceptors (Lipinski definition) is 5. The van der Waals surface area contributed by atoms with Crippen molar-refractivity contribution >= 4 is 5.96 Å². The second kappa shape index (κ2) is 12.0. The van der Waals surface area contributed by atoms with Crippen molar-refractivity contribution in [2.24, 2.45) is 4.99 Å². The maximum Gasteiger partial charge on any atom is 0.193 e. The number of nitrogens with zero attached hydrogens (tertiary/aromatic N) is 4. The zero-order valence-corrected chi connectivity index (χ0v) is 18.1. The smallest absolute Gasteiger partial charge is 0.193 e. The number of guanidine groups is 1. The first-order valence-electron chi connectivity index (χ1n) is 11.3. The number of likely N-dealkylation sites (N-methyl/N-ethyl adjacent to an activating group) is 1. The standard InChI is InChI=1S/C21H41N5O2/c1-22-21(23-9-14-25-11-5-10-24(2)15-16-25)26-12-7-19(8-13-26)28-18-20-6-3-4-17-27-20/h19-20H,3-18H2,1-2H3,(H,22,23). The van der Waals surface area contributed by atoms with Crippen LogP contribution in [0.3, 0.4) is 0 Å². The van der Waals surface area contributed by atoms with Crippen molar-refractivity contribution in [1.29, 1.82) is 0 Å². The molecule has 0 aromatic rings. The molecule has 0 saturated carbocycles.